The van der Waals surface area contributed by atoms with E-state index in [0.717, 1.165) is 29.7 Å². The summed E-state index contributed by atoms with van der Waals surface area (Å²) in [5, 5.41) is 6.15. The maximum atomic E-state index is 13.5. The molecule has 0 spiro atoms. The Hall–Kier alpha value is -3.28. The fraction of sp³-hybridized carbons (Fsp3) is 0.261. The average Bonchev–Trinajstić information content (AvgIpc) is 2.69. The van der Waals surface area contributed by atoms with Gasteiger partial charge < -0.3 is 10.6 Å². The quantitative estimate of drug-likeness (QED) is 0.825. The molecule has 0 radical (unpaired) electrons. The molecule has 1 aliphatic heterocycles. The number of amides is 1. The lowest BCUT2D eigenvalue weighted by Crippen LogP contribution is -2.35. The number of carbonyl (C=O) groups is 2. The lowest BCUT2D eigenvalue weighted by molar-refractivity contribution is -0.116. The molecule has 1 aromatic heterocycles. The smallest absolute Gasteiger partial charge is 0.255 e. The molecule has 2 heterocycles. The second-order valence-electron chi connectivity index (χ2n) is 7.44. The van der Waals surface area contributed by atoms with E-state index in [1.165, 1.54) is 12.1 Å². The van der Waals surface area contributed by atoms with Crippen LogP contribution in [-0.2, 0) is 9.59 Å². The Morgan fingerprint density at radius 1 is 1.17 bits per heavy atom. The number of allylic oxidation sites excluding steroid dienone is 3. The number of aromatic nitrogens is 1. The minimum Gasteiger partial charge on any atom is -0.362 e. The Morgan fingerprint density at radius 3 is 2.66 bits per heavy atom. The number of pyridine rings is 1. The molecule has 0 unspecified atom stereocenters. The summed E-state index contributed by atoms with van der Waals surface area (Å²) >= 11 is 0. The molecule has 1 aliphatic carbocycles. The number of halogens is 1. The summed E-state index contributed by atoms with van der Waals surface area (Å²) in [6.45, 7) is 3.70. The maximum Gasteiger partial charge on any atom is 0.255 e. The van der Waals surface area contributed by atoms with Crippen LogP contribution in [-0.4, -0.2) is 16.7 Å². The lowest BCUT2D eigenvalue weighted by atomic mass is 9.75. The molecule has 5 nitrogen and oxygen atoms in total. The van der Waals surface area contributed by atoms with Crippen LogP contribution in [0.2, 0.25) is 0 Å². The van der Waals surface area contributed by atoms with E-state index in [4.69, 9.17) is 0 Å². The summed E-state index contributed by atoms with van der Waals surface area (Å²) in [5.41, 5.74) is 4.18. The third-order valence-corrected chi connectivity index (χ3v) is 5.47. The van der Waals surface area contributed by atoms with Crippen LogP contribution in [0, 0.1) is 12.7 Å². The number of hydrogen-bond acceptors (Lipinski definition) is 4. The molecule has 2 aliphatic rings. The van der Waals surface area contributed by atoms with Crippen molar-refractivity contribution in [3.05, 3.63) is 82.1 Å². The van der Waals surface area contributed by atoms with E-state index in [2.05, 4.69) is 15.6 Å². The second-order valence-corrected chi connectivity index (χ2v) is 7.44. The molecule has 4 rings (SSSR count). The third-order valence-electron chi connectivity index (χ3n) is 5.47. The van der Waals surface area contributed by atoms with E-state index in [1.54, 1.807) is 24.4 Å². The SMILES string of the molecule is CC1=C(C(=O)Nc2ncccc2C)[C@H](c2ccc(F)cc2)C2=C(CCCC2=O)N1. The third kappa shape index (κ3) is 3.58. The number of benzene rings is 1. The first-order chi connectivity index (χ1) is 14.0. The van der Waals surface area contributed by atoms with E-state index in [0.29, 0.717) is 29.1 Å². The Balaban J connectivity index is 1.79. The zero-order valence-corrected chi connectivity index (χ0v) is 16.4. The van der Waals surface area contributed by atoms with Gasteiger partial charge in [-0.1, -0.05) is 18.2 Å². The molecule has 0 fully saturated rings. The monoisotopic (exact) mass is 391 g/mol. The van der Waals surface area contributed by atoms with Crippen LogP contribution in [0.5, 0.6) is 0 Å². The van der Waals surface area contributed by atoms with E-state index >= 15 is 0 Å². The number of hydrogen-bond donors (Lipinski definition) is 2. The summed E-state index contributed by atoms with van der Waals surface area (Å²) in [6.07, 6.45) is 3.60. The Labute approximate surface area is 168 Å². The molecule has 6 heteroatoms. The Kier molecular flexibility index (Phi) is 5.01. The maximum absolute atomic E-state index is 13.5. The fourth-order valence-electron chi connectivity index (χ4n) is 4.06. The number of nitrogens with one attached hydrogen (secondary N) is 2. The highest BCUT2D eigenvalue weighted by molar-refractivity contribution is 6.09. The van der Waals surface area contributed by atoms with Gasteiger partial charge in [-0.3, -0.25) is 9.59 Å². The summed E-state index contributed by atoms with van der Waals surface area (Å²) < 4.78 is 13.5. The number of Topliss-reactive ketones (excluding diaryl/α,β-unsaturated/α-hetero) is 1. The van der Waals surface area contributed by atoms with Crippen molar-refractivity contribution in [3.8, 4) is 0 Å². The van der Waals surface area contributed by atoms with Crippen LogP contribution >= 0.6 is 0 Å². The van der Waals surface area contributed by atoms with Gasteiger partial charge >= 0.3 is 0 Å². The van der Waals surface area contributed by atoms with Crippen molar-refractivity contribution in [2.75, 3.05) is 5.32 Å². The van der Waals surface area contributed by atoms with E-state index in [9.17, 15) is 14.0 Å². The minimum absolute atomic E-state index is 0.0277. The number of rotatable bonds is 3. The summed E-state index contributed by atoms with van der Waals surface area (Å²) in [5.74, 6) is -0.715. The van der Waals surface area contributed by atoms with Crippen molar-refractivity contribution in [2.24, 2.45) is 0 Å². The standard InChI is InChI=1S/C23H22FN3O2/c1-13-5-4-12-25-22(13)27-23(29)19-14(2)26-17-6-3-7-18(28)21(17)20(19)15-8-10-16(24)11-9-15/h4-5,8-12,20,26H,3,6-7H2,1-2H3,(H,25,27,29)/t20-/m0/s1. The first-order valence-corrected chi connectivity index (χ1v) is 9.68. The number of ketones is 1. The van der Waals surface area contributed by atoms with Gasteiger partial charge in [0.15, 0.2) is 5.78 Å². The van der Waals surface area contributed by atoms with Crippen molar-refractivity contribution in [1.29, 1.82) is 0 Å². The zero-order chi connectivity index (χ0) is 20.5. The van der Waals surface area contributed by atoms with E-state index in [-0.39, 0.29) is 17.5 Å². The molecule has 1 atom stereocenters. The van der Waals surface area contributed by atoms with Crippen molar-refractivity contribution in [2.45, 2.75) is 39.0 Å². The average molecular weight is 391 g/mol. The van der Waals surface area contributed by atoms with Gasteiger partial charge in [0, 0.05) is 41.1 Å². The largest absolute Gasteiger partial charge is 0.362 e. The van der Waals surface area contributed by atoms with Crippen LogP contribution in [0.15, 0.2) is 65.1 Å². The molecule has 148 valence electrons. The normalized spacial score (nSPS) is 19.0. The topological polar surface area (TPSA) is 71.1 Å². The molecule has 0 saturated carbocycles. The van der Waals surface area contributed by atoms with Crippen LogP contribution in [0.4, 0.5) is 10.2 Å². The van der Waals surface area contributed by atoms with Gasteiger partial charge in [-0.2, -0.15) is 0 Å². The highest BCUT2D eigenvalue weighted by Crippen LogP contribution is 2.42. The van der Waals surface area contributed by atoms with Gasteiger partial charge in [-0.15, -0.1) is 0 Å². The highest BCUT2D eigenvalue weighted by Gasteiger charge is 2.38. The van der Waals surface area contributed by atoms with E-state index in [1.807, 2.05) is 19.9 Å². The van der Waals surface area contributed by atoms with Crippen molar-refractivity contribution < 1.29 is 14.0 Å². The fourth-order valence-corrected chi connectivity index (χ4v) is 4.06. The Bertz CT molecular complexity index is 1050. The lowest BCUT2D eigenvalue weighted by Gasteiger charge is -2.34. The summed E-state index contributed by atoms with van der Waals surface area (Å²) in [7, 11) is 0. The van der Waals surface area contributed by atoms with Crippen molar-refractivity contribution in [1.82, 2.24) is 10.3 Å². The number of carbonyl (C=O) groups excluding carboxylic acids is 2. The molecule has 0 saturated heterocycles. The molecule has 2 N–H and O–H groups in total. The Morgan fingerprint density at radius 2 is 1.93 bits per heavy atom. The minimum atomic E-state index is -0.538. The van der Waals surface area contributed by atoms with Gasteiger partial charge in [-0.05, 0) is 56.0 Å². The van der Waals surface area contributed by atoms with Crippen LogP contribution < -0.4 is 10.6 Å². The molecule has 0 bridgehead atoms. The first-order valence-electron chi connectivity index (χ1n) is 9.68. The van der Waals surface area contributed by atoms with E-state index < -0.39 is 5.92 Å². The van der Waals surface area contributed by atoms with Crippen LogP contribution in [0.25, 0.3) is 0 Å². The van der Waals surface area contributed by atoms with Gasteiger partial charge in [-0.25, -0.2) is 9.37 Å². The number of nitrogens with zero attached hydrogens (tertiary/aromatic N) is 1. The van der Waals surface area contributed by atoms with Crippen molar-refractivity contribution >= 4 is 17.5 Å². The molecule has 29 heavy (non-hydrogen) atoms. The van der Waals surface area contributed by atoms with Gasteiger partial charge in [0.25, 0.3) is 5.91 Å². The predicted octanol–water partition coefficient (Wildman–Crippen LogP) is 4.14. The number of dihydropyridines is 1. The van der Waals surface area contributed by atoms with Crippen LogP contribution in [0.1, 0.15) is 43.2 Å². The molecular weight excluding hydrogens is 369 g/mol. The molecule has 1 amide bonds. The summed E-state index contributed by atoms with van der Waals surface area (Å²) in [6, 6.07) is 9.68. The highest BCUT2D eigenvalue weighted by atomic mass is 19.1. The zero-order valence-electron chi connectivity index (χ0n) is 16.4. The molecular formula is C23H22FN3O2. The second kappa shape index (κ2) is 7.62. The summed E-state index contributed by atoms with van der Waals surface area (Å²) in [4.78, 5) is 30.4. The first kappa shape index (κ1) is 19.1. The van der Waals surface area contributed by atoms with Crippen LogP contribution in [0.3, 0.4) is 0 Å². The predicted molar refractivity (Wildman–Crippen MR) is 108 cm³/mol. The molecule has 2 aromatic rings. The number of aryl methyl sites for hydroxylation is 1. The van der Waals surface area contributed by atoms with Gasteiger partial charge in [0.2, 0.25) is 0 Å². The molecule has 1 aromatic carbocycles. The number of anilines is 1. The van der Waals surface area contributed by atoms with Gasteiger partial charge in [0.1, 0.15) is 11.6 Å². The van der Waals surface area contributed by atoms with Crippen molar-refractivity contribution in [3.63, 3.8) is 0 Å². The van der Waals surface area contributed by atoms with Gasteiger partial charge in [0.05, 0.1) is 0 Å².